The summed E-state index contributed by atoms with van der Waals surface area (Å²) < 4.78 is 77.9. The van der Waals surface area contributed by atoms with Crippen molar-refractivity contribution in [3.63, 3.8) is 0 Å². The number of hydrogen-bond donors (Lipinski definition) is 2. The largest absolute Gasteiger partial charge is 0.463 e. The molecule has 24 nitrogen and oxygen atoms in total. The van der Waals surface area contributed by atoms with Crippen LogP contribution in [0.2, 0.25) is 0 Å². The van der Waals surface area contributed by atoms with Crippen molar-refractivity contribution in [3.8, 4) is 0 Å². The first-order valence-corrected chi connectivity index (χ1v) is 23.5. The van der Waals surface area contributed by atoms with Crippen molar-refractivity contribution < 1.29 is 110 Å². The smallest absolute Gasteiger partial charge is 0.338 e. The Morgan fingerprint density at radius 2 is 0.827 bits per heavy atom. The van der Waals surface area contributed by atoms with E-state index < -0.39 is 159 Å². The fourth-order valence-electron chi connectivity index (χ4n) is 8.38. The van der Waals surface area contributed by atoms with E-state index in [0.29, 0.717) is 0 Å². The van der Waals surface area contributed by atoms with Crippen LogP contribution in [0.15, 0.2) is 91.0 Å². The van der Waals surface area contributed by atoms with Gasteiger partial charge in [0.15, 0.2) is 61.6 Å². The standard InChI is InChI=1S/C51H57NO23/c1-25-38(71-46(59)32-17-11-8-12-18-32)42(72-47(60)33-19-13-9-14-20-33)44(73-48(61)34-21-15-10-16-22-34)50(65-25)75-45-43(68-31(7)58)40(66-29(5)56)36(24-64-28(4)55)70-51(45)74-39-35(23-63-27(3)54)69-49(62)37(52-26(2)53)41(39)67-30(6)57/h8-22,25,35-45,49-51,62H,23-24H2,1-7H3,(H,52,53). The fraction of sp³-hybridized carbons (Fsp3) is 0.471. The van der Waals surface area contributed by atoms with Crippen LogP contribution in [0.5, 0.6) is 0 Å². The topological polar surface area (TPSA) is 306 Å². The van der Waals surface area contributed by atoms with Gasteiger partial charge in [-0.15, -0.1) is 0 Å². The highest BCUT2D eigenvalue weighted by Gasteiger charge is 2.59. The first-order valence-electron chi connectivity index (χ1n) is 23.5. The molecule has 3 aromatic carbocycles. The van der Waals surface area contributed by atoms with Gasteiger partial charge in [0.05, 0.1) is 22.8 Å². The molecule has 0 saturated carbocycles. The monoisotopic (exact) mass is 1050 g/mol. The number of aliphatic hydroxyl groups is 1. The van der Waals surface area contributed by atoms with E-state index in [9.17, 15) is 48.3 Å². The van der Waals surface area contributed by atoms with E-state index in [0.717, 1.165) is 41.5 Å². The number of rotatable bonds is 18. The highest BCUT2D eigenvalue weighted by Crippen LogP contribution is 2.38. The Morgan fingerprint density at radius 1 is 0.440 bits per heavy atom. The molecule has 0 aliphatic carbocycles. The first kappa shape index (κ1) is 56.9. The minimum absolute atomic E-state index is 0.0190. The Bertz CT molecular complexity index is 2490. The average molecular weight is 1050 g/mol. The number of benzene rings is 3. The van der Waals surface area contributed by atoms with Crippen LogP contribution < -0.4 is 5.32 Å². The van der Waals surface area contributed by atoms with Crippen LogP contribution in [0.4, 0.5) is 0 Å². The van der Waals surface area contributed by atoms with E-state index in [2.05, 4.69) is 5.32 Å². The third kappa shape index (κ3) is 15.4. The zero-order valence-corrected chi connectivity index (χ0v) is 41.7. The van der Waals surface area contributed by atoms with Crippen LogP contribution in [0.25, 0.3) is 0 Å². The lowest BCUT2D eigenvalue weighted by molar-refractivity contribution is -0.381. The molecule has 3 aromatic rings. The molecule has 0 radical (unpaired) electrons. The van der Waals surface area contributed by atoms with Gasteiger partial charge >= 0.3 is 47.8 Å². The number of aliphatic hydroxyl groups excluding tert-OH is 1. The maximum absolute atomic E-state index is 14.2. The minimum Gasteiger partial charge on any atom is -0.463 e. The third-order valence-corrected chi connectivity index (χ3v) is 11.5. The summed E-state index contributed by atoms with van der Waals surface area (Å²) in [6.45, 7) is 6.23. The zero-order valence-electron chi connectivity index (χ0n) is 41.7. The van der Waals surface area contributed by atoms with Gasteiger partial charge in [0.1, 0.15) is 37.6 Å². The normalized spacial score (nSPS) is 29.2. The van der Waals surface area contributed by atoms with E-state index in [1.165, 1.54) is 55.5 Å². The number of hydrogen-bond acceptors (Lipinski definition) is 23. The summed E-state index contributed by atoms with van der Waals surface area (Å²) in [5, 5.41) is 13.6. The summed E-state index contributed by atoms with van der Waals surface area (Å²) >= 11 is 0. The molecule has 3 saturated heterocycles. The molecule has 24 heteroatoms. The van der Waals surface area contributed by atoms with Crippen LogP contribution in [-0.4, -0.2) is 164 Å². The SMILES string of the molecule is CC(=O)NC1C(O)OC(COC(C)=O)C(OC2OC(COC(C)=O)C(OC(C)=O)C(OC(C)=O)C2OC2OC(C)C(OC(=O)c3ccccc3)C(OC(=O)c3ccccc3)C2OC(=O)c2ccccc2)C1OC(C)=O. The second-order valence-corrected chi connectivity index (χ2v) is 17.3. The van der Waals surface area contributed by atoms with Gasteiger partial charge in [-0.3, -0.25) is 28.8 Å². The van der Waals surface area contributed by atoms with E-state index in [1.807, 2.05) is 0 Å². The van der Waals surface area contributed by atoms with E-state index in [4.69, 9.17) is 61.6 Å². The van der Waals surface area contributed by atoms with Crippen molar-refractivity contribution in [2.45, 2.75) is 141 Å². The summed E-state index contributed by atoms with van der Waals surface area (Å²) in [5.74, 6) is -8.28. The molecule has 0 spiro atoms. The van der Waals surface area contributed by atoms with Crippen molar-refractivity contribution in [1.82, 2.24) is 5.32 Å². The Hall–Kier alpha value is -7.35. The molecular formula is C51H57NO23. The number of amides is 1. The quantitative estimate of drug-likeness (QED) is 0.136. The van der Waals surface area contributed by atoms with Crippen LogP contribution >= 0.6 is 0 Å². The van der Waals surface area contributed by atoms with Crippen molar-refractivity contribution in [3.05, 3.63) is 108 Å². The van der Waals surface area contributed by atoms with Crippen molar-refractivity contribution in [1.29, 1.82) is 0 Å². The molecular weight excluding hydrogens is 995 g/mol. The van der Waals surface area contributed by atoms with Gasteiger partial charge < -0.3 is 72.0 Å². The van der Waals surface area contributed by atoms with Gasteiger partial charge in [0, 0.05) is 41.5 Å². The number of nitrogens with one attached hydrogen (secondary N) is 1. The average Bonchev–Trinajstić information content (AvgIpc) is 3.36. The van der Waals surface area contributed by atoms with Gasteiger partial charge in [-0.25, -0.2) is 14.4 Å². The summed E-state index contributed by atoms with van der Waals surface area (Å²) in [4.78, 5) is 118. The molecule has 15 unspecified atom stereocenters. The van der Waals surface area contributed by atoms with Crippen molar-refractivity contribution in [2.75, 3.05) is 13.2 Å². The van der Waals surface area contributed by atoms with E-state index in [-0.39, 0.29) is 16.7 Å². The lowest BCUT2D eigenvalue weighted by atomic mass is 9.94. The summed E-state index contributed by atoms with van der Waals surface area (Å²) in [6.07, 6.45) is -25.0. The Morgan fingerprint density at radius 3 is 1.28 bits per heavy atom. The Balaban J connectivity index is 1.54. The van der Waals surface area contributed by atoms with Gasteiger partial charge in [0.25, 0.3) is 0 Å². The lowest BCUT2D eigenvalue weighted by Gasteiger charge is -2.50. The fourth-order valence-corrected chi connectivity index (χ4v) is 8.38. The summed E-state index contributed by atoms with van der Waals surface area (Å²) in [6, 6.07) is 21.3. The highest BCUT2D eigenvalue weighted by molar-refractivity contribution is 5.91. The van der Waals surface area contributed by atoms with Crippen LogP contribution in [-0.2, 0) is 90.3 Å². The molecule has 3 aliphatic rings. The van der Waals surface area contributed by atoms with Crippen molar-refractivity contribution >= 4 is 53.7 Å². The van der Waals surface area contributed by atoms with Crippen LogP contribution in [0.1, 0.15) is 79.5 Å². The predicted octanol–water partition coefficient (Wildman–Crippen LogP) is 2.05. The Kier molecular flexibility index (Phi) is 19.9. The molecule has 6 rings (SSSR count). The van der Waals surface area contributed by atoms with Crippen LogP contribution in [0, 0.1) is 0 Å². The molecule has 0 bridgehead atoms. The first-order chi connectivity index (χ1) is 35.7. The van der Waals surface area contributed by atoms with Crippen LogP contribution in [0.3, 0.4) is 0 Å². The number of esters is 8. The van der Waals surface area contributed by atoms with Crippen molar-refractivity contribution in [2.24, 2.45) is 0 Å². The second kappa shape index (κ2) is 26.2. The lowest BCUT2D eigenvalue weighted by Crippen LogP contribution is -2.69. The van der Waals surface area contributed by atoms with Gasteiger partial charge in [-0.1, -0.05) is 54.6 Å². The van der Waals surface area contributed by atoms with E-state index >= 15 is 0 Å². The van der Waals surface area contributed by atoms with Gasteiger partial charge in [-0.05, 0) is 43.3 Å². The molecule has 2 N–H and O–H groups in total. The molecule has 3 fully saturated rings. The third-order valence-electron chi connectivity index (χ3n) is 11.5. The summed E-state index contributed by atoms with van der Waals surface area (Å²) in [7, 11) is 0. The molecule has 3 heterocycles. The molecule has 404 valence electrons. The van der Waals surface area contributed by atoms with Gasteiger partial charge in [0.2, 0.25) is 5.91 Å². The Labute approximate surface area is 429 Å². The molecule has 75 heavy (non-hydrogen) atoms. The molecule has 15 atom stereocenters. The predicted molar refractivity (Wildman–Crippen MR) is 248 cm³/mol. The number of carbonyl (C=O) groups is 9. The number of carbonyl (C=O) groups excluding carboxylic acids is 9. The molecule has 3 aliphatic heterocycles. The minimum atomic E-state index is -2.07. The molecule has 1 amide bonds. The summed E-state index contributed by atoms with van der Waals surface area (Å²) in [5.41, 5.74) is 0.0783. The van der Waals surface area contributed by atoms with E-state index in [1.54, 1.807) is 42.5 Å². The van der Waals surface area contributed by atoms with Gasteiger partial charge in [-0.2, -0.15) is 0 Å². The maximum atomic E-state index is 14.2. The maximum Gasteiger partial charge on any atom is 0.338 e. The molecule has 0 aromatic heterocycles. The number of ether oxygens (including phenoxy) is 13. The zero-order chi connectivity index (χ0) is 54.5. The second-order valence-electron chi connectivity index (χ2n) is 17.3. The highest BCUT2D eigenvalue weighted by atomic mass is 16.8.